The van der Waals surface area contributed by atoms with Crippen LogP contribution in [0.1, 0.15) is 59.3 Å². The van der Waals surface area contributed by atoms with Gasteiger partial charge in [0, 0.05) is 0 Å². The van der Waals surface area contributed by atoms with Gasteiger partial charge < -0.3 is 0 Å². The highest BCUT2D eigenvalue weighted by atomic mass is 14.3. The van der Waals surface area contributed by atoms with Crippen molar-refractivity contribution in [1.82, 2.24) is 0 Å². The molecule has 1 fully saturated rings. The van der Waals surface area contributed by atoms with E-state index < -0.39 is 0 Å². The summed E-state index contributed by atoms with van der Waals surface area (Å²) in [4.78, 5) is 0. The van der Waals surface area contributed by atoms with E-state index in [0.717, 1.165) is 30.1 Å². The van der Waals surface area contributed by atoms with Crippen LogP contribution in [0.5, 0.6) is 0 Å². The number of allylic oxidation sites excluding steroid dienone is 4. The summed E-state index contributed by atoms with van der Waals surface area (Å²) in [7, 11) is 0. The maximum atomic E-state index is 3.88. The van der Waals surface area contributed by atoms with Crippen molar-refractivity contribution in [1.29, 1.82) is 0 Å². The summed E-state index contributed by atoms with van der Waals surface area (Å²) in [5, 5.41) is 0. The molecule has 0 spiro atoms. The molecule has 0 heteroatoms. The topological polar surface area (TPSA) is 0 Å². The molecule has 0 N–H and O–H groups in total. The van der Waals surface area contributed by atoms with E-state index in [0.29, 0.717) is 0 Å². The average molecular weight is 260 g/mol. The van der Waals surface area contributed by atoms with Gasteiger partial charge in [0.05, 0.1) is 0 Å². The zero-order valence-corrected chi connectivity index (χ0v) is 13.2. The van der Waals surface area contributed by atoms with E-state index in [1.165, 1.54) is 37.7 Å². The van der Waals surface area contributed by atoms with Gasteiger partial charge in [0.2, 0.25) is 0 Å². The summed E-state index contributed by atoms with van der Waals surface area (Å²) in [6.45, 7) is 14.9. The Hall–Kier alpha value is -0.780. The Bertz CT molecular complexity index is 310. The Morgan fingerprint density at radius 3 is 2.58 bits per heavy atom. The van der Waals surface area contributed by atoms with Gasteiger partial charge in [-0.15, -0.1) is 0 Å². The fourth-order valence-electron chi connectivity index (χ4n) is 3.53. The molecule has 4 unspecified atom stereocenters. The molecule has 108 valence electrons. The van der Waals surface area contributed by atoms with Crippen LogP contribution < -0.4 is 0 Å². The smallest absolute Gasteiger partial charge is 0.0277 e. The molecule has 0 radical (unpaired) electrons. The molecule has 0 amide bonds. The molecular formula is C19H32. The summed E-state index contributed by atoms with van der Waals surface area (Å²) in [6, 6.07) is 0. The molecule has 1 rings (SSSR count). The van der Waals surface area contributed by atoms with Crippen molar-refractivity contribution in [2.45, 2.75) is 59.3 Å². The van der Waals surface area contributed by atoms with Gasteiger partial charge in [0.25, 0.3) is 0 Å². The van der Waals surface area contributed by atoms with E-state index in [1.807, 2.05) is 12.2 Å². The van der Waals surface area contributed by atoms with Gasteiger partial charge in [0.1, 0.15) is 0 Å². The van der Waals surface area contributed by atoms with Crippen LogP contribution in [-0.2, 0) is 0 Å². The molecule has 0 aromatic heterocycles. The van der Waals surface area contributed by atoms with E-state index in [4.69, 9.17) is 0 Å². The maximum Gasteiger partial charge on any atom is -0.0277 e. The molecule has 0 heterocycles. The average Bonchev–Trinajstić information content (AvgIpc) is 2.38. The van der Waals surface area contributed by atoms with Gasteiger partial charge >= 0.3 is 0 Å². The van der Waals surface area contributed by atoms with Crippen molar-refractivity contribution in [3.05, 3.63) is 37.0 Å². The molecule has 4 atom stereocenters. The van der Waals surface area contributed by atoms with Crippen molar-refractivity contribution in [3.63, 3.8) is 0 Å². The van der Waals surface area contributed by atoms with Crippen LogP contribution in [-0.4, -0.2) is 0 Å². The Labute approximate surface area is 120 Å². The number of hydrogen-bond acceptors (Lipinski definition) is 0. The standard InChI is InChI=1S/C19H32/c1-6-8-18(7-2)11-9-16(4)14-19-12-10-15(3)13-17(19)5/h6-8,15-17,19H,1-2,9-14H2,3-5H3/b18-8+. The van der Waals surface area contributed by atoms with Gasteiger partial charge in [-0.05, 0) is 61.3 Å². The fraction of sp³-hybridized carbons (Fsp3) is 0.684. The molecule has 0 aromatic carbocycles. The first-order valence-electron chi connectivity index (χ1n) is 8.00. The lowest BCUT2D eigenvalue weighted by Crippen LogP contribution is -2.23. The monoisotopic (exact) mass is 260 g/mol. The normalized spacial score (nSPS) is 29.8. The first kappa shape index (κ1) is 16.3. The van der Waals surface area contributed by atoms with E-state index in [-0.39, 0.29) is 0 Å². The predicted molar refractivity (Wildman–Crippen MR) is 87.2 cm³/mol. The van der Waals surface area contributed by atoms with Crippen molar-refractivity contribution in [2.75, 3.05) is 0 Å². The lowest BCUT2D eigenvalue weighted by Gasteiger charge is -2.34. The van der Waals surface area contributed by atoms with Crippen molar-refractivity contribution in [2.24, 2.45) is 23.7 Å². The number of rotatable bonds is 7. The molecule has 1 aliphatic carbocycles. The third kappa shape index (κ3) is 5.80. The molecular weight excluding hydrogens is 228 g/mol. The van der Waals surface area contributed by atoms with Crippen LogP contribution in [0.4, 0.5) is 0 Å². The second kappa shape index (κ2) is 8.40. The van der Waals surface area contributed by atoms with Crippen molar-refractivity contribution < 1.29 is 0 Å². The third-order valence-corrected chi connectivity index (χ3v) is 4.83. The summed E-state index contributed by atoms with van der Waals surface area (Å²) >= 11 is 0. The minimum absolute atomic E-state index is 0.828. The summed E-state index contributed by atoms with van der Waals surface area (Å²) in [6.07, 6.45) is 14.1. The summed E-state index contributed by atoms with van der Waals surface area (Å²) in [5.41, 5.74) is 1.33. The molecule has 1 aliphatic rings. The highest BCUT2D eigenvalue weighted by Crippen LogP contribution is 2.37. The van der Waals surface area contributed by atoms with Crippen molar-refractivity contribution in [3.8, 4) is 0 Å². The Morgan fingerprint density at radius 2 is 2.00 bits per heavy atom. The highest BCUT2D eigenvalue weighted by Gasteiger charge is 2.26. The van der Waals surface area contributed by atoms with E-state index in [9.17, 15) is 0 Å². The SMILES string of the molecule is C=C/C=C(\C=C)CCC(C)CC1CCC(C)CC1C. The van der Waals surface area contributed by atoms with Crippen molar-refractivity contribution >= 4 is 0 Å². The van der Waals surface area contributed by atoms with Crippen LogP contribution in [0.3, 0.4) is 0 Å². The first-order valence-corrected chi connectivity index (χ1v) is 8.00. The lowest BCUT2D eigenvalue weighted by atomic mass is 9.72. The number of hydrogen-bond donors (Lipinski definition) is 0. The molecule has 1 saturated carbocycles. The molecule has 0 aromatic rings. The van der Waals surface area contributed by atoms with Crippen LogP contribution in [0, 0.1) is 23.7 Å². The molecule has 0 nitrogen and oxygen atoms in total. The quantitative estimate of drug-likeness (QED) is 0.481. The highest BCUT2D eigenvalue weighted by molar-refractivity contribution is 5.20. The maximum absolute atomic E-state index is 3.88. The van der Waals surface area contributed by atoms with Crippen LogP contribution in [0.25, 0.3) is 0 Å². The van der Waals surface area contributed by atoms with E-state index in [1.54, 1.807) is 0 Å². The largest absolute Gasteiger partial charge is 0.0991 e. The second-order valence-corrected chi connectivity index (χ2v) is 6.72. The van der Waals surface area contributed by atoms with Gasteiger partial charge in [-0.2, -0.15) is 0 Å². The van der Waals surface area contributed by atoms with Crippen LogP contribution in [0.15, 0.2) is 37.0 Å². The van der Waals surface area contributed by atoms with Crippen LogP contribution >= 0.6 is 0 Å². The lowest BCUT2D eigenvalue weighted by molar-refractivity contribution is 0.173. The van der Waals surface area contributed by atoms with Gasteiger partial charge in [-0.1, -0.05) is 58.6 Å². The van der Waals surface area contributed by atoms with Gasteiger partial charge in [-0.3, -0.25) is 0 Å². The molecule has 0 aliphatic heterocycles. The van der Waals surface area contributed by atoms with E-state index in [2.05, 4.69) is 40.0 Å². The zero-order valence-electron chi connectivity index (χ0n) is 13.2. The third-order valence-electron chi connectivity index (χ3n) is 4.83. The van der Waals surface area contributed by atoms with Crippen LogP contribution in [0.2, 0.25) is 0 Å². The fourth-order valence-corrected chi connectivity index (χ4v) is 3.53. The van der Waals surface area contributed by atoms with Gasteiger partial charge in [0.15, 0.2) is 0 Å². The summed E-state index contributed by atoms with van der Waals surface area (Å²) in [5.74, 6) is 3.66. The Kier molecular flexibility index (Phi) is 7.20. The predicted octanol–water partition coefficient (Wildman–Crippen LogP) is 6.16. The second-order valence-electron chi connectivity index (χ2n) is 6.72. The zero-order chi connectivity index (χ0) is 14.3. The minimum Gasteiger partial charge on any atom is -0.0991 e. The summed E-state index contributed by atoms with van der Waals surface area (Å²) < 4.78 is 0. The van der Waals surface area contributed by atoms with E-state index >= 15 is 0 Å². The minimum atomic E-state index is 0.828. The Morgan fingerprint density at radius 1 is 1.26 bits per heavy atom. The molecule has 0 bridgehead atoms. The molecule has 0 saturated heterocycles. The van der Waals surface area contributed by atoms with Gasteiger partial charge in [-0.25, -0.2) is 0 Å². The first-order chi connectivity index (χ1) is 9.06. The Balaban J connectivity index is 2.34. The molecule has 19 heavy (non-hydrogen) atoms.